The van der Waals surface area contributed by atoms with Gasteiger partial charge in [0.1, 0.15) is 0 Å². The Bertz CT molecular complexity index is 529. The summed E-state index contributed by atoms with van der Waals surface area (Å²) in [6.45, 7) is 14.9. The van der Waals surface area contributed by atoms with Crippen LogP contribution in [-0.4, -0.2) is 41.5 Å². The topological polar surface area (TPSA) is 3.24 Å². The van der Waals surface area contributed by atoms with Crippen LogP contribution in [0.1, 0.15) is 92.9 Å². The highest BCUT2D eigenvalue weighted by molar-refractivity contribution is 7.60. The maximum absolute atomic E-state index is 6.25. The molecular weight excluding hydrogens is 357 g/mol. The van der Waals surface area contributed by atoms with Gasteiger partial charge in [-0.3, -0.25) is 0 Å². The Labute approximate surface area is 178 Å². The van der Waals surface area contributed by atoms with Gasteiger partial charge in [-0.1, -0.05) is 55.4 Å². The molecule has 2 aliphatic rings. The summed E-state index contributed by atoms with van der Waals surface area (Å²) in [5, 5.41) is 0.485. The van der Waals surface area contributed by atoms with Crippen LogP contribution in [0.4, 0.5) is 0 Å². The smallest absolute Gasteiger partial charge is 0.0387 e. The second kappa shape index (κ2) is 9.84. The molecule has 0 aromatic carbocycles. The zero-order valence-electron chi connectivity index (χ0n) is 20.2. The number of hydrogen-bond donors (Lipinski definition) is 0. The molecule has 0 aliphatic heterocycles. The number of rotatable bonds is 11. The van der Waals surface area contributed by atoms with E-state index in [0.717, 1.165) is 23.4 Å². The lowest BCUT2D eigenvalue weighted by Gasteiger charge is -2.52. The Balaban J connectivity index is 2.34. The second-order valence-electron chi connectivity index (χ2n) is 10.9. The van der Waals surface area contributed by atoms with E-state index in [4.69, 9.17) is 6.42 Å². The van der Waals surface area contributed by atoms with Crippen molar-refractivity contribution < 1.29 is 0 Å². The molecule has 0 saturated heterocycles. The SMILES string of the molecule is C#CC(CC(C)C1CC1)C(C)(C1CCCC1P(CCC)C(C)(C)CC)N(C)C. The molecule has 0 amide bonds. The molecule has 2 saturated carbocycles. The van der Waals surface area contributed by atoms with Crippen LogP contribution in [-0.2, 0) is 0 Å². The first kappa shape index (κ1) is 24.2. The Morgan fingerprint density at radius 3 is 2.21 bits per heavy atom. The maximum atomic E-state index is 6.25. The highest BCUT2D eigenvalue weighted by Gasteiger charge is 2.51. The first-order chi connectivity index (χ1) is 13.1. The molecule has 162 valence electrons. The van der Waals surface area contributed by atoms with E-state index in [1.54, 1.807) is 0 Å². The first-order valence-corrected chi connectivity index (χ1v) is 13.6. The molecule has 2 heteroatoms. The van der Waals surface area contributed by atoms with E-state index >= 15 is 0 Å². The first-order valence-electron chi connectivity index (χ1n) is 12.0. The maximum Gasteiger partial charge on any atom is 0.0387 e. The fraction of sp³-hybridized carbons (Fsp3) is 0.923. The summed E-state index contributed by atoms with van der Waals surface area (Å²) in [4.78, 5) is 2.53. The third-order valence-electron chi connectivity index (χ3n) is 8.64. The molecule has 0 aromatic heterocycles. The Hall–Kier alpha value is -0.0500. The molecule has 0 bridgehead atoms. The summed E-state index contributed by atoms with van der Waals surface area (Å²) in [7, 11) is 4.62. The molecule has 2 aliphatic carbocycles. The lowest BCUT2D eigenvalue weighted by Crippen LogP contribution is -2.56. The molecular formula is C26H48NP. The van der Waals surface area contributed by atoms with Gasteiger partial charge in [-0.05, 0) is 94.3 Å². The molecule has 28 heavy (non-hydrogen) atoms. The largest absolute Gasteiger partial charge is 0.302 e. The third kappa shape index (κ3) is 4.98. The average molecular weight is 406 g/mol. The van der Waals surface area contributed by atoms with Crippen molar-refractivity contribution in [2.75, 3.05) is 20.3 Å². The van der Waals surface area contributed by atoms with E-state index in [1.165, 1.54) is 57.5 Å². The highest BCUT2D eigenvalue weighted by Crippen LogP contribution is 2.63. The lowest BCUT2D eigenvalue weighted by molar-refractivity contribution is 0.0493. The van der Waals surface area contributed by atoms with Crippen LogP contribution in [0.2, 0.25) is 0 Å². The molecule has 0 N–H and O–H groups in total. The van der Waals surface area contributed by atoms with Crippen LogP contribution in [0, 0.1) is 36.0 Å². The van der Waals surface area contributed by atoms with Gasteiger partial charge in [0.05, 0.1) is 0 Å². The second-order valence-corrected chi connectivity index (χ2v) is 14.1. The molecule has 2 rings (SSSR count). The predicted molar refractivity (Wildman–Crippen MR) is 128 cm³/mol. The molecule has 0 radical (unpaired) electrons. The number of nitrogens with zero attached hydrogens (tertiary/aromatic N) is 1. The van der Waals surface area contributed by atoms with Crippen LogP contribution >= 0.6 is 7.92 Å². The summed E-state index contributed by atoms with van der Waals surface area (Å²) < 4.78 is 0. The average Bonchev–Trinajstić information content (AvgIpc) is 3.40. The van der Waals surface area contributed by atoms with Crippen molar-refractivity contribution in [3.05, 3.63) is 0 Å². The Morgan fingerprint density at radius 1 is 1.11 bits per heavy atom. The van der Waals surface area contributed by atoms with Crippen molar-refractivity contribution in [2.45, 2.75) is 109 Å². The van der Waals surface area contributed by atoms with Crippen molar-refractivity contribution in [2.24, 2.45) is 23.7 Å². The molecule has 0 aromatic rings. The normalized spacial score (nSPS) is 28.6. The van der Waals surface area contributed by atoms with Gasteiger partial charge in [-0.15, -0.1) is 12.3 Å². The monoisotopic (exact) mass is 405 g/mol. The minimum absolute atomic E-state index is 0.0209. The molecule has 6 atom stereocenters. The molecule has 0 spiro atoms. The number of hydrogen-bond acceptors (Lipinski definition) is 1. The fourth-order valence-corrected chi connectivity index (χ4v) is 10.1. The quantitative estimate of drug-likeness (QED) is 0.259. The van der Waals surface area contributed by atoms with Gasteiger partial charge in [0.2, 0.25) is 0 Å². The summed E-state index contributed by atoms with van der Waals surface area (Å²) in [6.07, 6.45) is 18.6. The van der Waals surface area contributed by atoms with E-state index < -0.39 is 0 Å². The van der Waals surface area contributed by atoms with E-state index in [2.05, 4.69) is 66.5 Å². The molecule has 1 nitrogen and oxygen atoms in total. The van der Waals surface area contributed by atoms with Crippen molar-refractivity contribution >= 4 is 7.92 Å². The predicted octanol–water partition coefficient (Wildman–Crippen LogP) is 7.24. The van der Waals surface area contributed by atoms with Gasteiger partial charge >= 0.3 is 0 Å². The summed E-state index contributed by atoms with van der Waals surface area (Å²) in [5.74, 6) is 6.16. The van der Waals surface area contributed by atoms with Gasteiger partial charge in [0.25, 0.3) is 0 Å². The minimum atomic E-state index is 0.0209. The zero-order valence-corrected chi connectivity index (χ0v) is 21.1. The van der Waals surface area contributed by atoms with Crippen LogP contribution < -0.4 is 0 Å². The fourth-order valence-electron chi connectivity index (χ4n) is 5.96. The molecule has 0 heterocycles. The standard InChI is InChI=1S/C26H48NP/c1-10-18-28(25(5,6)12-3)24-15-13-14-23(24)26(7,27(8)9)22(11-2)19-20(4)21-16-17-21/h2,20-24H,10,12-19H2,1,3-9H3. The highest BCUT2D eigenvalue weighted by atomic mass is 31.1. The van der Waals surface area contributed by atoms with E-state index in [0.29, 0.717) is 11.1 Å². The molecule has 2 fully saturated rings. The van der Waals surface area contributed by atoms with Gasteiger partial charge in [0.15, 0.2) is 0 Å². The lowest BCUT2D eigenvalue weighted by atomic mass is 9.70. The molecule has 6 unspecified atom stereocenters. The van der Waals surface area contributed by atoms with E-state index in [9.17, 15) is 0 Å². The minimum Gasteiger partial charge on any atom is -0.302 e. The van der Waals surface area contributed by atoms with E-state index in [-0.39, 0.29) is 13.5 Å². The van der Waals surface area contributed by atoms with Crippen molar-refractivity contribution in [1.82, 2.24) is 4.90 Å². The van der Waals surface area contributed by atoms with Crippen molar-refractivity contribution in [1.29, 1.82) is 0 Å². The Morgan fingerprint density at radius 2 is 1.75 bits per heavy atom. The van der Waals surface area contributed by atoms with Crippen LogP contribution in [0.3, 0.4) is 0 Å². The van der Waals surface area contributed by atoms with E-state index in [1.807, 2.05) is 0 Å². The third-order valence-corrected chi connectivity index (χ3v) is 12.9. The summed E-state index contributed by atoms with van der Waals surface area (Å²) in [6, 6.07) is 0. The van der Waals surface area contributed by atoms with Gasteiger partial charge in [-0.25, -0.2) is 0 Å². The van der Waals surface area contributed by atoms with Crippen LogP contribution in [0.5, 0.6) is 0 Å². The van der Waals surface area contributed by atoms with Crippen molar-refractivity contribution in [3.8, 4) is 12.3 Å². The van der Waals surface area contributed by atoms with Gasteiger partial charge in [0, 0.05) is 11.5 Å². The van der Waals surface area contributed by atoms with Crippen LogP contribution in [0.25, 0.3) is 0 Å². The summed E-state index contributed by atoms with van der Waals surface area (Å²) >= 11 is 0. The number of terminal acetylenes is 1. The van der Waals surface area contributed by atoms with Gasteiger partial charge < -0.3 is 4.90 Å². The zero-order chi connectivity index (χ0) is 21.1. The Kier molecular flexibility index (Phi) is 8.51. The van der Waals surface area contributed by atoms with Crippen LogP contribution in [0.15, 0.2) is 0 Å². The van der Waals surface area contributed by atoms with Crippen molar-refractivity contribution in [3.63, 3.8) is 0 Å². The van der Waals surface area contributed by atoms with Gasteiger partial charge in [-0.2, -0.15) is 0 Å². The summed E-state index contributed by atoms with van der Waals surface area (Å²) in [5.41, 5.74) is 1.00.